The molecule has 2 aromatic carbocycles. The summed E-state index contributed by atoms with van der Waals surface area (Å²) in [6.07, 6.45) is 2.98. The van der Waals surface area contributed by atoms with E-state index >= 15 is 0 Å². The van der Waals surface area contributed by atoms with Gasteiger partial charge in [0.05, 0.1) is 0 Å². The maximum atomic E-state index is 13.3. The third kappa shape index (κ3) is 4.03. The maximum absolute atomic E-state index is 13.3. The molecule has 0 saturated carbocycles. The molecular weight excluding hydrogens is 321 g/mol. The van der Waals surface area contributed by atoms with Crippen LogP contribution >= 0.6 is 11.8 Å². The van der Waals surface area contributed by atoms with Crippen molar-refractivity contribution in [3.8, 4) is 5.69 Å². The number of hydrogen-bond acceptors (Lipinski definition) is 3. The van der Waals surface area contributed by atoms with Gasteiger partial charge in [-0.25, -0.2) is 4.39 Å². The monoisotopic (exact) mass is 341 g/mol. The van der Waals surface area contributed by atoms with Crippen LogP contribution in [0.4, 0.5) is 4.39 Å². The summed E-state index contributed by atoms with van der Waals surface area (Å²) in [4.78, 5) is 0. The minimum absolute atomic E-state index is 0.239. The summed E-state index contributed by atoms with van der Waals surface area (Å²) >= 11 is 1.70. The van der Waals surface area contributed by atoms with Gasteiger partial charge in [0.25, 0.3) is 0 Å². The van der Waals surface area contributed by atoms with Crippen molar-refractivity contribution in [3.63, 3.8) is 0 Å². The van der Waals surface area contributed by atoms with Crippen LogP contribution in [0.1, 0.15) is 31.2 Å². The molecular formula is C19H20FN3S. The van der Waals surface area contributed by atoms with Gasteiger partial charge in [0, 0.05) is 17.9 Å². The van der Waals surface area contributed by atoms with E-state index in [0.717, 1.165) is 35.3 Å². The molecule has 0 N–H and O–H groups in total. The minimum Gasteiger partial charge on any atom is -0.274 e. The number of hydrogen-bond donors (Lipinski definition) is 0. The summed E-state index contributed by atoms with van der Waals surface area (Å²) in [5, 5.41) is 9.61. The lowest BCUT2D eigenvalue weighted by atomic mass is 10.1. The number of aromatic nitrogens is 3. The number of halogens is 1. The zero-order valence-electron chi connectivity index (χ0n) is 13.7. The van der Waals surface area contributed by atoms with Crippen LogP contribution in [0.3, 0.4) is 0 Å². The van der Waals surface area contributed by atoms with Gasteiger partial charge in [-0.3, -0.25) is 4.57 Å². The first kappa shape index (κ1) is 16.7. The standard InChI is InChI=1S/C19H20FN3S/c1-2-3-13-24-19-22-21-18(14-15-7-5-4-6-8-15)23(19)17-11-9-16(20)10-12-17/h4-12H,2-3,13-14H2,1H3. The maximum Gasteiger partial charge on any atom is 0.195 e. The van der Waals surface area contributed by atoms with E-state index in [1.54, 1.807) is 23.9 Å². The molecule has 3 rings (SSSR count). The lowest BCUT2D eigenvalue weighted by Gasteiger charge is -2.10. The number of thioether (sulfide) groups is 1. The van der Waals surface area contributed by atoms with Gasteiger partial charge in [0.2, 0.25) is 0 Å². The highest BCUT2D eigenvalue weighted by Gasteiger charge is 2.14. The van der Waals surface area contributed by atoms with Crippen molar-refractivity contribution in [2.75, 3.05) is 5.75 Å². The van der Waals surface area contributed by atoms with Crippen LogP contribution in [-0.4, -0.2) is 20.5 Å². The normalized spacial score (nSPS) is 10.9. The summed E-state index contributed by atoms with van der Waals surface area (Å²) in [7, 11) is 0. The summed E-state index contributed by atoms with van der Waals surface area (Å²) in [6, 6.07) is 16.7. The Hall–Kier alpha value is -2.14. The molecule has 0 aliphatic carbocycles. The lowest BCUT2D eigenvalue weighted by molar-refractivity contribution is 0.627. The average Bonchev–Trinajstić information content (AvgIpc) is 2.99. The molecule has 0 spiro atoms. The van der Waals surface area contributed by atoms with Crippen LogP contribution in [0.25, 0.3) is 5.69 Å². The van der Waals surface area contributed by atoms with Gasteiger partial charge in [-0.1, -0.05) is 55.4 Å². The first-order valence-electron chi connectivity index (χ1n) is 8.15. The molecule has 0 aliphatic heterocycles. The average molecular weight is 341 g/mol. The van der Waals surface area contributed by atoms with Gasteiger partial charge in [-0.05, 0) is 36.2 Å². The van der Waals surface area contributed by atoms with Crippen molar-refractivity contribution in [1.82, 2.24) is 14.8 Å². The Labute approximate surface area is 145 Å². The summed E-state index contributed by atoms with van der Waals surface area (Å²) < 4.78 is 15.3. The highest BCUT2D eigenvalue weighted by molar-refractivity contribution is 7.99. The lowest BCUT2D eigenvalue weighted by Crippen LogP contribution is -2.04. The molecule has 0 saturated heterocycles. The van der Waals surface area contributed by atoms with Crippen LogP contribution in [0.2, 0.25) is 0 Å². The van der Waals surface area contributed by atoms with Crippen LogP contribution in [0, 0.1) is 5.82 Å². The number of rotatable bonds is 7. The molecule has 0 bridgehead atoms. The molecule has 0 atom stereocenters. The van der Waals surface area contributed by atoms with E-state index in [1.807, 2.05) is 22.8 Å². The molecule has 0 amide bonds. The second kappa shape index (κ2) is 8.11. The first-order valence-corrected chi connectivity index (χ1v) is 9.13. The Bertz CT molecular complexity index is 769. The zero-order valence-corrected chi connectivity index (χ0v) is 14.5. The number of unbranched alkanes of at least 4 members (excludes halogenated alkanes) is 1. The Morgan fingerprint density at radius 2 is 1.75 bits per heavy atom. The van der Waals surface area contributed by atoms with Crippen LogP contribution in [0.5, 0.6) is 0 Å². The second-order valence-electron chi connectivity index (χ2n) is 5.58. The predicted octanol–water partition coefficient (Wildman–Crippen LogP) is 4.89. The molecule has 5 heteroatoms. The molecule has 124 valence electrons. The fraction of sp³-hybridized carbons (Fsp3) is 0.263. The molecule has 0 radical (unpaired) electrons. The van der Waals surface area contributed by atoms with E-state index in [4.69, 9.17) is 0 Å². The SMILES string of the molecule is CCCCSc1nnc(Cc2ccccc2)n1-c1ccc(F)cc1. The topological polar surface area (TPSA) is 30.7 Å². The van der Waals surface area contributed by atoms with Gasteiger partial charge in [-0.15, -0.1) is 10.2 Å². The molecule has 1 heterocycles. The largest absolute Gasteiger partial charge is 0.274 e. The fourth-order valence-corrected chi connectivity index (χ4v) is 3.50. The van der Waals surface area contributed by atoms with Crippen molar-refractivity contribution < 1.29 is 4.39 Å². The van der Waals surface area contributed by atoms with Crippen molar-refractivity contribution in [2.45, 2.75) is 31.3 Å². The number of nitrogens with zero attached hydrogens (tertiary/aromatic N) is 3. The quantitative estimate of drug-likeness (QED) is 0.453. The van der Waals surface area contributed by atoms with Crippen LogP contribution < -0.4 is 0 Å². The smallest absolute Gasteiger partial charge is 0.195 e. The van der Waals surface area contributed by atoms with Crippen LogP contribution in [0.15, 0.2) is 59.8 Å². The van der Waals surface area contributed by atoms with E-state index in [-0.39, 0.29) is 5.82 Å². The van der Waals surface area contributed by atoms with Gasteiger partial charge in [0.15, 0.2) is 5.16 Å². The molecule has 0 aliphatic rings. The number of benzene rings is 2. The Balaban J connectivity index is 1.94. The third-order valence-corrected chi connectivity index (χ3v) is 4.73. The fourth-order valence-electron chi connectivity index (χ4n) is 2.44. The van der Waals surface area contributed by atoms with Gasteiger partial charge >= 0.3 is 0 Å². The van der Waals surface area contributed by atoms with Gasteiger partial charge in [0.1, 0.15) is 11.6 Å². The molecule has 0 unspecified atom stereocenters. The highest BCUT2D eigenvalue weighted by Crippen LogP contribution is 2.24. The van der Waals surface area contributed by atoms with Crippen molar-refractivity contribution >= 4 is 11.8 Å². The highest BCUT2D eigenvalue weighted by atomic mass is 32.2. The molecule has 3 aromatic rings. The van der Waals surface area contributed by atoms with Crippen molar-refractivity contribution in [2.24, 2.45) is 0 Å². The van der Waals surface area contributed by atoms with Crippen molar-refractivity contribution in [1.29, 1.82) is 0 Å². The van der Waals surface area contributed by atoms with Gasteiger partial charge < -0.3 is 0 Å². The Morgan fingerprint density at radius 1 is 1.00 bits per heavy atom. The van der Waals surface area contributed by atoms with E-state index in [9.17, 15) is 4.39 Å². The summed E-state index contributed by atoms with van der Waals surface area (Å²) in [6.45, 7) is 2.17. The predicted molar refractivity (Wildman–Crippen MR) is 96.2 cm³/mol. The Morgan fingerprint density at radius 3 is 2.46 bits per heavy atom. The van der Waals surface area contributed by atoms with E-state index in [2.05, 4.69) is 29.3 Å². The minimum atomic E-state index is -0.239. The van der Waals surface area contributed by atoms with Gasteiger partial charge in [-0.2, -0.15) is 0 Å². The van der Waals surface area contributed by atoms with Crippen LogP contribution in [-0.2, 0) is 6.42 Å². The molecule has 3 nitrogen and oxygen atoms in total. The third-order valence-electron chi connectivity index (χ3n) is 3.72. The van der Waals surface area contributed by atoms with Crippen molar-refractivity contribution in [3.05, 3.63) is 71.8 Å². The first-order chi connectivity index (χ1) is 11.8. The zero-order chi connectivity index (χ0) is 16.8. The van der Waals surface area contributed by atoms with E-state index < -0.39 is 0 Å². The van der Waals surface area contributed by atoms with E-state index in [0.29, 0.717) is 6.42 Å². The molecule has 1 aromatic heterocycles. The molecule has 24 heavy (non-hydrogen) atoms. The molecule has 0 fully saturated rings. The second-order valence-corrected chi connectivity index (χ2v) is 6.64. The summed E-state index contributed by atoms with van der Waals surface area (Å²) in [5.74, 6) is 1.63. The summed E-state index contributed by atoms with van der Waals surface area (Å²) in [5.41, 5.74) is 2.07. The Kier molecular flexibility index (Phi) is 5.64. The van der Waals surface area contributed by atoms with E-state index in [1.165, 1.54) is 17.7 Å².